The van der Waals surface area contributed by atoms with Crippen molar-refractivity contribution in [2.75, 3.05) is 5.75 Å². The van der Waals surface area contributed by atoms with E-state index in [4.69, 9.17) is 5.26 Å². The zero-order valence-electron chi connectivity index (χ0n) is 10.3. The summed E-state index contributed by atoms with van der Waals surface area (Å²) in [6.45, 7) is 1.77. The van der Waals surface area contributed by atoms with Gasteiger partial charge in [0, 0.05) is 7.05 Å². The summed E-state index contributed by atoms with van der Waals surface area (Å²) in [4.78, 5) is 11.8. The van der Waals surface area contributed by atoms with E-state index in [1.165, 1.54) is 16.4 Å². The molecule has 1 aromatic heterocycles. The molecule has 1 aromatic rings. The molecule has 2 rings (SSSR count). The van der Waals surface area contributed by atoms with Crippen LogP contribution in [0.4, 0.5) is 0 Å². The van der Waals surface area contributed by atoms with Crippen LogP contribution in [-0.2, 0) is 11.8 Å². The minimum atomic E-state index is -0.740. The number of nitrogens with one attached hydrogen (secondary N) is 1. The van der Waals surface area contributed by atoms with Gasteiger partial charge in [-0.1, -0.05) is 11.8 Å². The molecule has 0 aromatic carbocycles. The average molecular weight is 266 g/mol. The Labute approximate surface area is 109 Å². The van der Waals surface area contributed by atoms with Crippen molar-refractivity contribution in [3.8, 4) is 6.07 Å². The van der Waals surface area contributed by atoms with Gasteiger partial charge >= 0.3 is 0 Å². The monoisotopic (exact) mass is 266 g/mol. The summed E-state index contributed by atoms with van der Waals surface area (Å²) in [7, 11) is 1.71. The second kappa shape index (κ2) is 4.94. The standard InChI is InChI=1S/C10H14N6OS/c1-10(6-11,7-3-4-7)12-8(17)5-18-9-13-14-15-16(9)2/h7H,3-5H2,1-2H3,(H,12,17). The maximum Gasteiger partial charge on any atom is 0.231 e. The van der Waals surface area contributed by atoms with Gasteiger partial charge in [0.25, 0.3) is 0 Å². The van der Waals surface area contributed by atoms with Gasteiger partial charge in [-0.25, -0.2) is 4.68 Å². The molecular formula is C10H14N6OS. The Hall–Kier alpha value is -1.62. The van der Waals surface area contributed by atoms with Gasteiger partial charge in [0.2, 0.25) is 11.1 Å². The second-order valence-electron chi connectivity index (χ2n) is 4.51. The van der Waals surface area contributed by atoms with Crippen LogP contribution >= 0.6 is 11.8 Å². The first-order chi connectivity index (χ1) is 8.55. The first kappa shape index (κ1) is 12.8. The number of nitrogens with zero attached hydrogens (tertiary/aromatic N) is 5. The summed E-state index contributed by atoms with van der Waals surface area (Å²) < 4.78 is 1.50. The van der Waals surface area contributed by atoms with Crippen molar-refractivity contribution >= 4 is 17.7 Å². The molecule has 1 saturated carbocycles. The smallest absolute Gasteiger partial charge is 0.231 e. The Bertz CT molecular complexity index is 491. The molecule has 1 N–H and O–H groups in total. The Kier molecular flexibility index (Phi) is 3.52. The highest BCUT2D eigenvalue weighted by molar-refractivity contribution is 7.99. The van der Waals surface area contributed by atoms with Crippen LogP contribution in [0.3, 0.4) is 0 Å². The number of aryl methyl sites for hydroxylation is 1. The molecule has 0 saturated heterocycles. The third-order valence-corrected chi connectivity index (χ3v) is 3.95. The van der Waals surface area contributed by atoms with Crippen molar-refractivity contribution in [1.29, 1.82) is 5.26 Å². The van der Waals surface area contributed by atoms with Crippen molar-refractivity contribution < 1.29 is 4.79 Å². The van der Waals surface area contributed by atoms with Crippen LogP contribution in [0, 0.1) is 17.2 Å². The number of carbonyl (C=O) groups is 1. The number of nitriles is 1. The minimum Gasteiger partial charge on any atom is -0.337 e. The van der Waals surface area contributed by atoms with E-state index in [0.29, 0.717) is 5.16 Å². The zero-order valence-corrected chi connectivity index (χ0v) is 11.1. The van der Waals surface area contributed by atoms with Gasteiger partial charge in [-0.05, 0) is 36.1 Å². The highest BCUT2D eigenvalue weighted by Gasteiger charge is 2.42. The predicted octanol–water partition coefficient (Wildman–Crippen LogP) is 0.111. The van der Waals surface area contributed by atoms with E-state index in [1.54, 1.807) is 14.0 Å². The molecule has 1 amide bonds. The van der Waals surface area contributed by atoms with Crippen LogP contribution in [0.1, 0.15) is 19.8 Å². The molecule has 0 aliphatic heterocycles. The largest absolute Gasteiger partial charge is 0.337 e. The van der Waals surface area contributed by atoms with Crippen LogP contribution in [0.15, 0.2) is 5.16 Å². The van der Waals surface area contributed by atoms with Crippen LogP contribution in [0.2, 0.25) is 0 Å². The molecule has 1 fully saturated rings. The van der Waals surface area contributed by atoms with Gasteiger partial charge < -0.3 is 5.32 Å². The van der Waals surface area contributed by atoms with Crippen LogP contribution in [0.5, 0.6) is 0 Å². The summed E-state index contributed by atoms with van der Waals surface area (Å²) in [6, 6.07) is 2.19. The Morgan fingerprint density at radius 1 is 1.72 bits per heavy atom. The molecule has 7 nitrogen and oxygen atoms in total. The Morgan fingerprint density at radius 2 is 2.44 bits per heavy atom. The fourth-order valence-corrected chi connectivity index (χ4v) is 2.33. The van der Waals surface area contributed by atoms with E-state index in [1.807, 2.05) is 0 Å². The molecule has 96 valence electrons. The maximum atomic E-state index is 11.8. The molecule has 1 heterocycles. The summed E-state index contributed by atoms with van der Waals surface area (Å²) >= 11 is 1.25. The van der Waals surface area contributed by atoms with Crippen LogP contribution in [-0.4, -0.2) is 37.4 Å². The van der Waals surface area contributed by atoms with E-state index >= 15 is 0 Å². The predicted molar refractivity (Wildman–Crippen MR) is 64.4 cm³/mol. The summed E-state index contributed by atoms with van der Waals surface area (Å²) in [5.41, 5.74) is -0.740. The molecule has 0 bridgehead atoms. The Morgan fingerprint density at radius 3 is 2.94 bits per heavy atom. The number of amides is 1. The number of aromatic nitrogens is 4. The Balaban J connectivity index is 1.86. The van der Waals surface area contributed by atoms with Crippen LogP contribution < -0.4 is 5.32 Å². The number of rotatable bonds is 5. The topological polar surface area (TPSA) is 96.5 Å². The lowest BCUT2D eigenvalue weighted by Crippen LogP contribution is -2.47. The molecular weight excluding hydrogens is 252 g/mol. The number of thioether (sulfide) groups is 1. The minimum absolute atomic E-state index is 0.168. The molecule has 1 unspecified atom stereocenters. The van der Waals surface area contributed by atoms with E-state index in [0.717, 1.165) is 12.8 Å². The molecule has 0 radical (unpaired) electrons. The van der Waals surface area contributed by atoms with Crippen molar-refractivity contribution in [2.45, 2.75) is 30.5 Å². The SMILES string of the molecule is Cn1nnnc1SCC(=O)NC(C)(C#N)C1CC1. The molecule has 8 heteroatoms. The quantitative estimate of drug-likeness (QED) is 0.760. The first-order valence-electron chi connectivity index (χ1n) is 5.62. The normalized spacial score (nSPS) is 17.8. The third-order valence-electron chi connectivity index (χ3n) is 2.94. The number of hydrogen-bond donors (Lipinski definition) is 1. The summed E-state index contributed by atoms with van der Waals surface area (Å²) in [5.74, 6) is 0.324. The molecule has 0 spiro atoms. The third kappa shape index (κ3) is 2.79. The summed E-state index contributed by atoms with van der Waals surface area (Å²) in [6.07, 6.45) is 2.01. The lowest BCUT2D eigenvalue weighted by Gasteiger charge is -2.22. The fourth-order valence-electron chi connectivity index (χ4n) is 1.68. The number of tetrazole rings is 1. The molecule has 18 heavy (non-hydrogen) atoms. The molecule has 1 atom stereocenters. The summed E-state index contributed by atoms with van der Waals surface area (Å²) in [5, 5.41) is 23.4. The molecule has 1 aliphatic rings. The van der Waals surface area contributed by atoms with Crippen molar-refractivity contribution in [3.63, 3.8) is 0 Å². The van der Waals surface area contributed by atoms with Gasteiger partial charge in [-0.15, -0.1) is 5.10 Å². The second-order valence-corrected chi connectivity index (χ2v) is 5.45. The highest BCUT2D eigenvalue weighted by atomic mass is 32.2. The van der Waals surface area contributed by atoms with E-state index in [2.05, 4.69) is 26.9 Å². The number of carbonyl (C=O) groups excluding carboxylic acids is 1. The van der Waals surface area contributed by atoms with Crippen molar-refractivity contribution in [2.24, 2.45) is 13.0 Å². The van der Waals surface area contributed by atoms with Gasteiger partial charge in [0.1, 0.15) is 5.54 Å². The zero-order chi connectivity index (χ0) is 13.2. The van der Waals surface area contributed by atoms with E-state index in [9.17, 15) is 4.79 Å². The first-order valence-corrected chi connectivity index (χ1v) is 6.61. The molecule has 1 aliphatic carbocycles. The maximum absolute atomic E-state index is 11.8. The lowest BCUT2D eigenvalue weighted by atomic mass is 9.98. The highest BCUT2D eigenvalue weighted by Crippen LogP contribution is 2.39. The van der Waals surface area contributed by atoms with Gasteiger partial charge in [-0.2, -0.15) is 5.26 Å². The van der Waals surface area contributed by atoms with Gasteiger partial charge in [-0.3, -0.25) is 4.79 Å². The van der Waals surface area contributed by atoms with Crippen LogP contribution in [0.25, 0.3) is 0 Å². The van der Waals surface area contributed by atoms with Gasteiger partial charge in [0.15, 0.2) is 0 Å². The number of hydrogen-bond acceptors (Lipinski definition) is 6. The van der Waals surface area contributed by atoms with E-state index < -0.39 is 5.54 Å². The lowest BCUT2D eigenvalue weighted by molar-refractivity contribution is -0.119. The van der Waals surface area contributed by atoms with E-state index in [-0.39, 0.29) is 17.6 Å². The average Bonchev–Trinajstić information content (AvgIpc) is 3.12. The van der Waals surface area contributed by atoms with Crippen molar-refractivity contribution in [1.82, 2.24) is 25.5 Å². The van der Waals surface area contributed by atoms with Crippen molar-refractivity contribution in [3.05, 3.63) is 0 Å². The van der Waals surface area contributed by atoms with Gasteiger partial charge in [0.05, 0.1) is 11.8 Å². The fraction of sp³-hybridized carbons (Fsp3) is 0.700.